The average Bonchev–Trinajstić information content (AvgIpc) is 3.02. The van der Waals surface area contributed by atoms with E-state index < -0.39 is 0 Å². The SMILES string of the molecule is CN(C)[C@@H]1[C@@H](NC(=O)c2cc(C3CC3)no2)[C@H]2CCO[C@H]21. The van der Waals surface area contributed by atoms with Crippen LogP contribution in [0.4, 0.5) is 0 Å². The van der Waals surface area contributed by atoms with Gasteiger partial charge in [0.1, 0.15) is 0 Å². The number of nitrogens with zero attached hydrogens (tertiary/aromatic N) is 2. The van der Waals surface area contributed by atoms with Gasteiger partial charge in [-0.15, -0.1) is 0 Å². The van der Waals surface area contributed by atoms with Gasteiger partial charge in [-0.1, -0.05) is 5.16 Å². The second-order valence-electron chi connectivity index (χ2n) is 6.63. The molecule has 1 amide bonds. The molecule has 1 aliphatic heterocycles. The summed E-state index contributed by atoms with van der Waals surface area (Å²) in [4.78, 5) is 14.5. The average molecular weight is 291 g/mol. The number of nitrogens with one attached hydrogen (secondary N) is 1. The van der Waals surface area contributed by atoms with Gasteiger partial charge in [-0.3, -0.25) is 4.79 Å². The van der Waals surface area contributed by atoms with Crippen molar-refractivity contribution in [1.29, 1.82) is 0 Å². The molecule has 4 atom stereocenters. The first-order valence-electron chi connectivity index (χ1n) is 7.70. The molecule has 2 heterocycles. The topological polar surface area (TPSA) is 67.6 Å². The van der Waals surface area contributed by atoms with Crippen LogP contribution in [0.15, 0.2) is 10.6 Å². The summed E-state index contributed by atoms with van der Waals surface area (Å²) in [5.41, 5.74) is 0.917. The van der Waals surface area contributed by atoms with Crippen molar-refractivity contribution >= 4 is 5.91 Å². The Kier molecular flexibility index (Phi) is 3.04. The summed E-state index contributed by atoms with van der Waals surface area (Å²) in [5, 5.41) is 7.11. The summed E-state index contributed by atoms with van der Waals surface area (Å²) in [6.45, 7) is 0.792. The first-order valence-corrected chi connectivity index (χ1v) is 7.70. The van der Waals surface area contributed by atoms with E-state index in [-0.39, 0.29) is 24.1 Å². The van der Waals surface area contributed by atoms with E-state index in [9.17, 15) is 4.79 Å². The van der Waals surface area contributed by atoms with Gasteiger partial charge in [0.05, 0.1) is 23.9 Å². The van der Waals surface area contributed by atoms with Crippen molar-refractivity contribution in [2.24, 2.45) is 5.92 Å². The molecule has 21 heavy (non-hydrogen) atoms. The molecule has 114 valence electrons. The number of aromatic nitrogens is 1. The molecule has 2 saturated carbocycles. The number of fused-ring (bicyclic) bond motifs is 1. The highest BCUT2D eigenvalue weighted by molar-refractivity contribution is 5.91. The summed E-state index contributed by atoms with van der Waals surface area (Å²) in [7, 11) is 4.06. The number of hydrogen-bond acceptors (Lipinski definition) is 5. The lowest BCUT2D eigenvalue weighted by Crippen LogP contribution is -2.69. The summed E-state index contributed by atoms with van der Waals surface area (Å²) in [6, 6.07) is 2.17. The monoisotopic (exact) mass is 291 g/mol. The van der Waals surface area contributed by atoms with Crippen molar-refractivity contribution in [3.8, 4) is 0 Å². The Morgan fingerprint density at radius 1 is 1.38 bits per heavy atom. The van der Waals surface area contributed by atoms with Crippen LogP contribution in [0, 0.1) is 5.92 Å². The summed E-state index contributed by atoms with van der Waals surface area (Å²) >= 11 is 0. The molecule has 6 nitrogen and oxygen atoms in total. The number of amides is 1. The van der Waals surface area contributed by atoms with E-state index in [0.717, 1.165) is 31.6 Å². The van der Waals surface area contributed by atoms with Gasteiger partial charge >= 0.3 is 0 Å². The Hall–Kier alpha value is -1.40. The van der Waals surface area contributed by atoms with Crippen molar-refractivity contribution in [2.75, 3.05) is 20.7 Å². The number of hydrogen-bond donors (Lipinski definition) is 1. The lowest BCUT2D eigenvalue weighted by molar-refractivity contribution is -0.0666. The van der Waals surface area contributed by atoms with Gasteiger partial charge in [-0.2, -0.15) is 0 Å². The molecule has 0 spiro atoms. The molecule has 1 aromatic rings. The number of carbonyl (C=O) groups is 1. The van der Waals surface area contributed by atoms with Crippen LogP contribution >= 0.6 is 0 Å². The van der Waals surface area contributed by atoms with Crippen LogP contribution in [0.3, 0.4) is 0 Å². The molecule has 1 saturated heterocycles. The Labute approximate surface area is 123 Å². The number of carbonyl (C=O) groups excluding carboxylic acids is 1. The second kappa shape index (κ2) is 4.81. The number of rotatable bonds is 4. The molecule has 0 radical (unpaired) electrons. The molecular formula is C15H21N3O3. The van der Waals surface area contributed by atoms with Crippen molar-refractivity contribution in [2.45, 2.75) is 43.4 Å². The molecule has 3 fully saturated rings. The van der Waals surface area contributed by atoms with E-state index >= 15 is 0 Å². The van der Waals surface area contributed by atoms with Crippen LogP contribution in [-0.4, -0.2) is 54.9 Å². The fourth-order valence-corrected chi connectivity index (χ4v) is 3.67. The van der Waals surface area contributed by atoms with E-state index in [1.54, 1.807) is 6.07 Å². The van der Waals surface area contributed by atoms with Gasteiger partial charge in [0.2, 0.25) is 5.76 Å². The van der Waals surface area contributed by atoms with Crippen LogP contribution in [0.25, 0.3) is 0 Å². The molecule has 0 aromatic carbocycles. The largest absolute Gasteiger partial charge is 0.376 e. The molecule has 1 N–H and O–H groups in total. The van der Waals surface area contributed by atoms with Crippen LogP contribution in [0.5, 0.6) is 0 Å². The maximum atomic E-state index is 12.4. The maximum absolute atomic E-state index is 12.4. The van der Waals surface area contributed by atoms with Gasteiger partial charge in [-0.25, -0.2) is 0 Å². The van der Waals surface area contributed by atoms with Crippen molar-refractivity contribution in [3.63, 3.8) is 0 Å². The number of ether oxygens (including phenoxy) is 1. The Morgan fingerprint density at radius 2 is 2.19 bits per heavy atom. The van der Waals surface area contributed by atoms with E-state index in [1.165, 1.54) is 0 Å². The maximum Gasteiger partial charge on any atom is 0.290 e. The molecule has 2 aliphatic carbocycles. The van der Waals surface area contributed by atoms with Crippen LogP contribution in [0.1, 0.15) is 41.4 Å². The van der Waals surface area contributed by atoms with Crippen molar-refractivity contribution in [1.82, 2.24) is 15.4 Å². The van der Waals surface area contributed by atoms with E-state index in [2.05, 4.69) is 15.4 Å². The lowest BCUT2D eigenvalue weighted by Gasteiger charge is -2.50. The number of likely N-dealkylation sites (N-methyl/N-ethyl adjacent to an activating group) is 1. The Morgan fingerprint density at radius 3 is 2.90 bits per heavy atom. The smallest absolute Gasteiger partial charge is 0.290 e. The van der Waals surface area contributed by atoms with E-state index in [0.29, 0.717) is 17.6 Å². The summed E-state index contributed by atoms with van der Waals surface area (Å²) in [5.74, 6) is 1.10. The third-order valence-electron chi connectivity index (χ3n) is 4.99. The van der Waals surface area contributed by atoms with Crippen LogP contribution < -0.4 is 5.32 Å². The molecule has 4 rings (SSSR count). The third kappa shape index (κ3) is 2.17. The molecule has 6 heteroatoms. The van der Waals surface area contributed by atoms with Crippen LogP contribution in [0.2, 0.25) is 0 Å². The minimum atomic E-state index is -0.156. The Bertz CT molecular complexity index is 552. The molecule has 3 aliphatic rings. The van der Waals surface area contributed by atoms with Gasteiger partial charge < -0.3 is 19.5 Å². The highest BCUT2D eigenvalue weighted by Gasteiger charge is 2.55. The summed E-state index contributed by atoms with van der Waals surface area (Å²) < 4.78 is 11.0. The Balaban J connectivity index is 1.45. The van der Waals surface area contributed by atoms with Crippen molar-refractivity contribution < 1.29 is 14.1 Å². The van der Waals surface area contributed by atoms with Gasteiger partial charge in [0, 0.05) is 24.5 Å². The molecule has 0 unspecified atom stereocenters. The molecule has 1 aromatic heterocycles. The van der Waals surface area contributed by atoms with Gasteiger partial charge in [0.25, 0.3) is 5.91 Å². The fourth-order valence-electron chi connectivity index (χ4n) is 3.67. The highest BCUT2D eigenvalue weighted by Crippen LogP contribution is 2.41. The molecular weight excluding hydrogens is 270 g/mol. The highest BCUT2D eigenvalue weighted by atomic mass is 16.5. The lowest BCUT2D eigenvalue weighted by atomic mass is 9.71. The fraction of sp³-hybridized carbons (Fsp3) is 0.733. The predicted octanol–water partition coefficient (Wildman–Crippen LogP) is 0.999. The first kappa shape index (κ1) is 13.3. The predicted molar refractivity (Wildman–Crippen MR) is 75.1 cm³/mol. The minimum Gasteiger partial charge on any atom is -0.376 e. The minimum absolute atomic E-state index is 0.134. The normalized spacial score (nSPS) is 34.6. The zero-order valence-corrected chi connectivity index (χ0v) is 12.4. The van der Waals surface area contributed by atoms with Crippen molar-refractivity contribution in [3.05, 3.63) is 17.5 Å². The quantitative estimate of drug-likeness (QED) is 0.896. The zero-order chi connectivity index (χ0) is 14.6. The zero-order valence-electron chi connectivity index (χ0n) is 12.4. The van der Waals surface area contributed by atoms with Crippen LogP contribution in [-0.2, 0) is 4.74 Å². The second-order valence-corrected chi connectivity index (χ2v) is 6.63. The molecule has 0 bridgehead atoms. The van der Waals surface area contributed by atoms with E-state index in [1.807, 2.05) is 14.1 Å². The third-order valence-corrected chi connectivity index (χ3v) is 4.99. The van der Waals surface area contributed by atoms with Gasteiger partial charge in [0.15, 0.2) is 0 Å². The summed E-state index contributed by atoms with van der Waals surface area (Å²) in [6.07, 6.45) is 3.58. The standard InChI is InChI=1S/C15H21N3O3/c1-18(2)13-12(9-5-6-20-14(9)13)16-15(19)11-7-10(17-21-11)8-3-4-8/h7-9,12-14H,3-6H2,1-2H3,(H,16,19)/t9-,12+,13-,14-/m1/s1. The van der Waals surface area contributed by atoms with Gasteiger partial charge in [-0.05, 0) is 33.4 Å². The first-order chi connectivity index (χ1) is 10.1. The van der Waals surface area contributed by atoms with E-state index in [4.69, 9.17) is 9.26 Å².